The summed E-state index contributed by atoms with van der Waals surface area (Å²) in [6.07, 6.45) is 1.97. The molecule has 0 aliphatic carbocycles. The second-order valence-corrected chi connectivity index (χ2v) is 4.51. The van der Waals surface area contributed by atoms with Crippen LogP contribution < -0.4 is 0 Å². The Labute approximate surface area is 102 Å². The van der Waals surface area contributed by atoms with Crippen molar-refractivity contribution >= 4 is 5.97 Å². The van der Waals surface area contributed by atoms with Crippen LogP contribution in [0.25, 0.3) is 0 Å². The zero-order valence-electron chi connectivity index (χ0n) is 10.4. The maximum Gasteiger partial charge on any atom is 0.323 e. The van der Waals surface area contributed by atoms with Crippen molar-refractivity contribution in [3.05, 3.63) is 35.9 Å². The van der Waals surface area contributed by atoms with E-state index in [1.54, 1.807) is 0 Å². The Morgan fingerprint density at radius 1 is 1.41 bits per heavy atom. The number of carbonyl (C=O) groups excluding carboxylic acids is 1. The molecule has 1 aromatic carbocycles. The van der Waals surface area contributed by atoms with E-state index in [-0.39, 0.29) is 18.1 Å². The summed E-state index contributed by atoms with van der Waals surface area (Å²) in [4.78, 5) is 13.9. The van der Waals surface area contributed by atoms with Crippen molar-refractivity contribution < 1.29 is 9.53 Å². The first kappa shape index (κ1) is 12.1. The molecule has 1 saturated heterocycles. The first-order valence-electron chi connectivity index (χ1n) is 6.12. The van der Waals surface area contributed by atoms with Crippen LogP contribution in [-0.4, -0.2) is 30.6 Å². The fraction of sp³-hybridized carbons (Fsp3) is 0.500. The van der Waals surface area contributed by atoms with Crippen molar-refractivity contribution in [1.82, 2.24) is 4.90 Å². The van der Waals surface area contributed by atoms with E-state index in [1.165, 1.54) is 12.7 Å². The quantitative estimate of drug-likeness (QED) is 0.751. The Balaban J connectivity index is 2.13. The van der Waals surface area contributed by atoms with Gasteiger partial charge in [-0.05, 0) is 31.9 Å². The van der Waals surface area contributed by atoms with E-state index in [9.17, 15) is 4.79 Å². The molecule has 0 amide bonds. The van der Waals surface area contributed by atoms with Gasteiger partial charge in [0.05, 0.1) is 7.11 Å². The molecule has 0 saturated carbocycles. The molecule has 1 aliphatic rings. The van der Waals surface area contributed by atoms with Gasteiger partial charge in [-0.1, -0.05) is 30.3 Å². The normalized spacial score (nSPS) is 22.4. The summed E-state index contributed by atoms with van der Waals surface area (Å²) in [5, 5.41) is 0. The molecular formula is C14H19NO2. The van der Waals surface area contributed by atoms with Crippen LogP contribution in [-0.2, 0) is 9.53 Å². The third-order valence-electron chi connectivity index (χ3n) is 3.55. The molecule has 3 nitrogen and oxygen atoms in total. The van der Waals surface area contributed by atoms with Crippen molar-refractivity contribution in [3.8, 4) is 0 Å². The predicted octanol–water partition coefficient (Wildman–Crippen LogP) is 2.39. The van der Waals surface area contributed by atoms with Gasteiger partial charge in [-0.25, -0.2) is 0 Å². The second-order valence-electron chi connectivity index (χ2n) is 4.51. The van der Waals surface area contributed by atoms with E-state index < -0.39 is 0 Å². The predicted molar refractivity (Wildman–Crippen MR) is 66.6 cm³/mol. The second kappa shape index (κ2) is 5.32. The van der Waals surface area contributed by atoms with Crippen molar-refractivity contribution in [1.29, 1.82) is 0 Å². The van der Waals surface area contributed by atoms with Crippen LogP contribution in [0, 0.1) is 0 Å². The van der Waals surface area contributed by atoms with E-state index in [0.29, 0.717) is 0 Å². The number of likely N-dealkylation sites (tertiary alicyclic amines) is 1. The molecule has 1 aliphatic heterocycles. The van der Waals surface area contributed by atoms with Gasteiger partial charge in [-0.2, -0.15) is 0 Å². The van der Waals surface area contributed by atoms with Gasteiger partial charge in [0.25, 0.3) is 0 Å². The first-order chi connectivity index (χ1) is 8.24. The molecule has 2 atom stereocenters. The van der Waals surface area contributed by atoms with Gasteiger partial charge in [0.1, 0.15) is 6.04 Å². The maximum atomic E-state index is 11.7. The Morgan fingerprint density at radius 2 is 2.12 bits per heavy atom. The third kappa shape index (κ3) is 2.50. The molecule has 2 rings (SSSR count). The number of nitrogens with zero attached hydrogens (tertiary/aromatic N) is 1. The van der Waals surface area contributed by atoms with E-state index in [4.69, 9.17) is 4.74 Å². The Bertz CT molecular complexity index is 377. The van der Waals surface area contributed by atoms with E-state index in [1.807, 2.05) is 18.2 Å². The topological polar surface area (TPSA) is 29.5 Å². The molecular weight excluding hydrogens is 214 g/mol. The minimum absolute atomic E-state index is 0.0739. The summed E-state index contributed by atoms with van der Waals surface area (Å²) in [5.41, 5.74) is 1.25. The summed E-state index contributed by atoms with van der Waals surface area (Å²) in [5.74, 6) is -0.106. The summed E-state index contributed by atoms with van der Waals surface area (Å²) in [6, 6.07) is 10.5. The SMILES string of the molecule is COC(=O)[C@@H]1CCCN1[C@@H](C)c1ccccc1. The number of esters is 1. The highest BCUT2D eigenvalue weighted by atomic mass is 16.5. The smallest absolute Gasteiger partial charge is 0.323 e. The molecule has 0 aromatic heterocycles. The van der Waals surface area contributed by atoms with Crippen LogP contribution in [0.2, 0.25) is 0 Å². The van der Waals surface area contributed by atoms with Gasteiger partial charge < -0.3 is 4.74 Å². The molecule has 0 spiro atoms. The lowest BCUT2D eigenvalue weighted by Gasteiger charge is -2.29. The fourth-order valence-electron chi connectivity index (χ4n) is 2.56. The maximum absolute atomic E-state index is 11.7. The number of hydrogen-bond acceptors (Lipinski definition) is 3. The van der Waals surface area contributed by atoms with Crippen molar-refractivity contribution in [2.75, 3.05) is 13.7 Å². The average molecular weight is 233 g/mol. The highest BCUT2D eigenvalue weighted by Gasteiger charge is 2.34. The van der Waals surface area contributed by atoms with Crippen molar-refractivity contribution in [3.63, 3.8) is 0 Å². The van der Waals surface area contributed by atoms with Crippen LogP contribution in [0.1, 0.15) is 31.4 Å². The van der Waals surface area contributed by atoms with Crippen molar-refractivity contribution in [2.24, 2.45) is 0 Å². The van der Waals surface area contributed by atoms with Gasteiger partial charge in [0.15, 0.2) is 0 Å². The Kier molecular flexibility index (Phi) is 3.79. The summed E-state index contributed by atoms with van der Waals surface area (Å²) < 4.78 is 4.87. The van der Waals surface area contributed by atoms with Gasteiger partial charge >= 0.3 is 5.97 Å². The fourth-order valence-corrected chi connectivity index (χ4v) is 2.56. The first-order valence-corrected chi connectivity index (χ1v) is 6.12. The Morgan fingerprint density at radius 3 is 2.76 bits per heavy atom. The van der Waals surface area contributed by atoms with E-state index >= 15 is 0 Å². The number of methoxy groups -OCH3 is 1. The van der Waals surface area contributed by atoms with Crippen LogP contribution in [0.5, 0.6) is 0 Å². The average Bonchev–Trinajstić information content (AvgIpc) is 2.87. The standard InChI is InChI=1S/C14H19NO2/c1-11(12-7-4-3-5-8-12)15-10-6-9-13(15)14(16)17-2/h3-5,7-8,11,13H,6,9-10H2,1-2H3/t11-,13-/m0/s1. The van der Waals surface area contributed by atoms with E-state index in [0.717, 1.165) is 19.4 Å². The van der Waals surface area contributed by atoms with Gasteiger partial charge in [-0.15, -0.1) is 0 Å². The minimum Gasteiger partial charge on any atom is -0.468 e. The van der Waals surface area contributed by atoms with Crippen LogP contribution in [0.15, 0.2) is 30.3 Å². The highest BCUT2D eigenvalue weighted by Crippen LogP contribution is 2.29. The van der Waals surface area contributed by atoms with E-state index in [2.05, 4.69) is 24.0 Å². The van der Waals surface area contributed by atoms with Crippen LogP contribution >= 0.6 is 0 Å². The number of benzene rings is 1. The number of hydrogen-bond donors (Lipinski definition) is 0. The lowest BCUT2D eigenvalue weighted by atomic mass is 10.1. The molecule has 3 heteroatoms. The Hall–Kier alpha value is -1.35. The molecule has 1 heterocycles. The molecule has 1 aromatic rings. The van der Waals surface area contributed by atoms with Gasteiger partial charge in [0.2, 0.25) is 0 Å². The molecule has 0 N–H and O–H groups in total. The zero-order chi connectivity index (χ0) is 12.3. The molecule has 0 bridgehead atoms. The number of rotatable bonds is 3. The highest BCUT2D eigenvalue weighted by molar-refractivity contribution is 5.76. The third-order valence-corrected chi connectivity index (χ3v) is 3.55. The number of ether oxygens (including phenoxy) is 1. The summed E-state index contributed by atoms with van der Waals surface area (Å²) in [7, 11) is 1.46. The molecule has 17 heavy (non-hydrogen) atoms. The van der Waals surface area contributed by atoms with Gasteiger partial charge in [0, 0.05) is 6.04 Å². The van der Waals surface area contributed by atoms with Crippen molar-refractivity contribution in [2.45, 2.75) is 31.8 Å². The van der Waals surface area contributed by atoms with Crippen LogP contribution in [0.3, 0.4) is 0 Å². The summed E-state index contributed by atoms with van der Waals surface area (Å²) in [6.45, 7) is 3.12. The molecule has 92 valence electrons. The largest absolute Gasteiger partial charge is 0.468 e. The number of carbonyl (C=O) groups is 1. The lowest BCUT2D eigenvalue weighted by Crippen LogP contribution is -2.38. The minimum atomic E-state index is -0.106. The molecule has 0 unspecified atom stereocenters. The molecule has 1 fully saturated rings. The monoisotopic (exact) mass is 233 g/mol. The molecule has 0 radical (unpaired) electrons. The lowest BCUT2D eigenvalue weighted by molar-refractivity contribution is -0.146. The zero-order valence-corrected chi connectivity index (χ0v) is 10.4. The summed E-state index contributed by atoms with van der Waals surface area (Å²) >= 11 is 0. The van der Waals surface area contributed by atoms with Gasteiger partial charge in [-0.3, -0.25) is 9.69 Å². The van der Waals surface area contributed by atoms with Crippen LogP contribution in [0.4, 0.5) is 0 Å².